The minimum Gasteiger partial charge on any atom is -0.397 e. The Balaban J connectivity index is 3.20. The third kappa shape index (κ3) is 2.11. The van der Waals surface area contributed by atoms with Gasteiger partial charge >= 0.3 is 0 Å². The molecule has 1 rings (SSSR count). The van der Waals surface area contributed by atoms with Crippen LogP contribution in [0.2, 0.25) is 5.15 Å². The molecule has 0 unspecified atom stereocenters. The first-order chi connectivity index (χ1) is 6.06. The summed E-state index contributed by atoms with van der Waals surface area (Å²) in [7, 11) is 0. The van der Waals surface area contributed by atoms with E-state index in [4.69, 9.17) is 23.1 Å². The van der Waals surface area contributed by atoms with Crippen molar-refractivity contribution in [2.45, 2.75) is 26.3 Å². The lowest BCUT2D eigenvalue weighted by atomic mass is 10.1. The van der Waals surface area contributed by atoms with E-state index < -0.39 is 0 Å². The number of hydrogen-bond acceptors (Lipinski definition) is 3. The molecule has 0 atom stereocenters. The van der Waals surface area contributed by atoms with E-state index in [9.17, 15) is 0 Å². The first kappa shape index (κ1) is 10.3. The molecule has 4 heteroatoms. The number of pyridine rings is 1. The van der Waals surface area contributed by atoms with Gasteiger partial charge in [-0.25, -0.2) is 4.98 Å². The average Bonchev–Trinajstić information content (AvgIpc) is 2.07. The van der Waals surface area contributed by atoms with Crippen molar-refractivity contribution in [1.29, 1.82) is 0 Å². The van der Waals surface area contributed by atoms with Gasteiger partial charge in [-0.15, -0.1) is 0 Å². The van der Waals surface area contributed by atoms with Crippen molar-refractivity contribution in [3.63, 3.8) is 0 Å². The molecule has 13 heavy (non-hydrogen) atoms. The lowest BCUT2D eigenvalue weighted by Crippen LogP contribution is -2.05. The van der Waals surface area contributed by atoms with E-state index in [-0.39, 0.29) is 5.92 Å². The fourth-order valence-corrected chi connectivity index (χ4v) is 1.39. The Bertz CT molecular complexity index is 310. The summed E-state index contributed by atoms with van der Waals surface area (Å²) in [6.45, 7) is 4.42. The Morgan fingerprint density at radius 3 is 2.62 bits per heavy atom. The van der Waals surface area contributed by atoms with Gasteiger partial charge in [-0.2, -0.15) is 0 Å². The SMILES string of the molecule is CC(C)c1nc(Cl)c(CN)cc1N. The second kappa shape index (κ2) is 3.94. The van der Waals surface area contributed by atoms with Crippen molar-refractivity contribution in [1.82, 2.24) is 4.98 Å². The van der Waals surface area contributed by atoms with Gasteiger partial charge in [0.15, 0.2) is 0 Å². The molecule has 1 heterocycles. The highest BCUT2D eigenvalue weighted by atomic mass is 35.5. The normalized spacial score (nSPS) is 10.8. The van der Waals surface area contributed by atoms with E-state index in [1.54, 1.807) is 6.07 Å². The molecular formula is C9H14ClN3. The Hall–Kier alpha value is -0.800. The van der Waals surface area contributed by atoms with Crippen LogP contribution in [0.25, 0.3) is 0 Å². The summed E-state index contributed by atoms with van der Waals surface area (Å²) in [6.07, 6.45) is 0. The summed E-state index contributed by atoms with van der Waals surface area (Å²) in [4.78, 5) is 4.20. The van der Waals surface area contributed by atoms with Crippen LogP contribution in [-0.4, -0.2) is 4.98 Å². The molecule has 0 aliphatic rings. The molecule has 1 aromatic heterocycles. The van der Waals surface area contributed by atoms with Gasteiger partial charge in [-0.05, 0) is 12.0 Å². The van der Waals surface area contributed by atoms with Crippen LogP contribution in [0.4, 0.5) is 5.69 Å². The van der Waals surface area contributed by atoms with E-state index in [1.807, 2.05) is 13.8 Å². The zero-order valence-corrected chi connectivity index (χ0v) is 8.60. The van der Waals surface area contributed by atoms with E-state index in [0.29, 0.717) is 17.4 Å². The molecule has 0 spiro atoms. The Labute approximate surface area is 83.1 Å². The topological polar surface area (TPSA) is 64.9 Å². The predicted molar refractivity (Wildman–Crippen MR) is 55.6 cm³/mol. The van der Waals surface area contributed by atoms with Crippen LogP contribution in [0.3, 0.4) is 0 Å². The first-order valence-corrected chi connectivity index (χ1v) is 4.59. The van der Waals surface area contributed by atoms with E-state index in [1.165, 1.54) is 0 Å². The molecule has 0 amide bonds. The minimum absolute atomic E-state index is 0.282. The Morgan fingerprint density at radius 1 is 1.54 bits per heavy atom. The molecule has 3 nitrogen and oxygen atoms in total. The third-order valence-electron chi connectivity index (χ3n) is 1.88. The molecule has 0 aliphatic heterocycles. The van der Waals surface area contributed by atoms with E-state index in [0.717, 1.165) is 11.3 Å². The highest BCUT2D eigenvalue weighted by molar-refractivity contribution is 6.30. The summed E-state index contributed by atoms with van der Waals surface area (Å²) in [6, 6.07) is 1.80. The quantitative estimate of drug-likeness (QED) is 0.716. The van der Waals surface area contributed by atoms with Crippen LogP contribution < -0.4 is 11.5 Å². The summed E-state index contributed by atoms with van der Waals surface area (Å²) in [5, 5.41) is 0.459. The van der Waals surface area contributed by atoms with Crippen molar-refractivity contribution in [2.24, 2.45) is 5.73 Å². The van der Waals surface area contributed by atoms with Crippen LogP contribution in [0.1, 0.15) is 31.0 Å². The molecular weight excluding hydrogens is 186 g/mol. The number of aromatic nitrogens is 1. The molecule has 0 saturated heterocycles. The van der Waals surface area contributed by atoms with Crippen molar-refractivity contribution in [2.75, 3.05) is 5.73 Å². The first-order valence-electron chi connectivity index (χ1n) is 4.21. The maximum absolute atomic E-state index is 5.90. The van der Waals surface area contributed by atoms with Crippen molar-refractivity contribution in [3.8, 4) is 0 Å². The molecule has 0 saturated carbocycles. The molecule has 4 N–H and O–H groups in total. The van der Waals surface area contributed by atoms with Gasteiger partial charge in [0.1, 0.15) is 5.15 Å². The molecule has 0 radical (unpaired) electrons. The second-order valence-corrected chi connectivity index (χ2v) is 3.63. The van der Waals surface area contributed by atoms with Crippen LogP contribution in [0.5, 0.6) is 0 Å². The van der Waals surface area contributed by atoms with Gasteiger partial charge in [-0.1, -0.05) is 25.4 Å². The maximum Gasteiger partial charge on any atom is 0.133 e. The third-order valence-corrected chi connectivity index (χ3v) is 2.20. The van der Waals surface area contributed by atoms with Crippen LogP contribution in [0.15, 0.2) is 6.07 Å². The highest BCUT2D eigenvalue weighted by Crippen LogP contribution is 2.24. The van der Waals surface area contributed by atoms with E-state index >= 15 is 0 Å². The Morgan fingerprint density at radius 2 is 2.15 bits per heavy atom. The van der Waals surface area contributed by atoms with Gasteiger partial charge in [-0.3, -0.25) is 0 Å². The summed E-state index contributed by atoms with van der Waals surface area (Å²) < 4.78 is 0. The minimum atomic E-state index is 0.282. The zero-order chi connectivity index (χ0) is 10.0. The predicted octanol–water partition coefficient (Wildman–Crippen LogP) is 1.90. The van der Waals surface area contributed by atoms with Crippen LogP contribution in [0, 0.1) is 0 Å². The summed E-state index contributed by atoms with van der Waals surface area (Å²) in [5.74, 6) is 0.282. The van der Waals surface area contributed by atoms with E-state index in [2.05, 4.69) is 4.98 Å². The fourth-order valence-electron chi connectivity index (χ4n) is 1.17. The average molecular weight is 200 g/mol. The zero-order valence-electron chi connectivity index (χ0n) is 7.84. The van der Waals surface area contributed by atoms with Crippen LogP contribution >= 0.6 is 11.6 Å². The number of halogens is 1. The smallest absolute Gasteiger partial charge is 0.133 e. The number of nitrogen functional groups attached to an aromatic ring is 1. The second-order valence-electron chi connectivity index (χ2n) is 3.27. The highest BCUT2D eigenvalue weighted by Gasteiger charge is 2.09. The van der Waals surface area contributed by atoms with Gasteiger partial charge < -0.3 is 11.5 Å². The summed E-state index contributed by atoms with van der Waals surface area (Å²) >= 11 is 5.90. The van der Waals surface area contributed by atoms with Crippen molar-refractivity contribution >= 4 is 17.3 Å². The lowest BCUT2D eigenvalue weighted by Gasteiger charge is -2.10. The number of hydrogen-bond donors (Lipinski definition) is 2. The lowest BCUT2D eigenvalue weighted by molar-refractivity contribution is 0.822. The van der Waals surface area contributed by atoms with Crippen molar-refractivity contribution in [3.05, 3.63) is 22.5 Å². The maximum atomic E-state index is 5.90. The molecule has 0 bridgehead atoms. The summed E-state index contributed by atoms with van der Waals surface area (Å²) in [5.41, 5.74) is 13.6. The number of anilines is 1. The standard InChI is InChI=1S/C9H14ClN3/c1-5(2)8-7(12)3-6(4-11)9(10)13-8/h3,5H,4,11-12H2,1-2H3. The van der Waals surface area contributed by atoms with Crippen LogP contribution in [-0.2, 0) is 6.54 Å². The fraction of sp³-hybridized carbons (Fsp3) is 0.444. The Kier molecular flexibility index (Phi) is 3.12. The molecule has 0 aromatic carbocycles. The van der Waals surface area contributed by atoms with Gasteiger partial charge in [0.25, 0.3) is 0 Å². The number of nitrogens with two attached hydrogens (primary N) is 2. The monoisotopic (exact) mass is 199 g/mol. The largest absolute Gasteiger partial charge is 0.397 e. The number of nitrogens with zero attached hydrogens (tertiary/aromatic N) is 1. The van der Waals surface area contributed by atoms with Crippen molar-refractivity contribution < 1.29 is 0 Å². The molecule has 1 aromatic rings. The van der Waals surface area contributed by atoms with Gasteiger partial charge in [0.05, 0.1) is 11.4 Å². The molecule has 0 aliphatic carbocycles. The molecule has 0 fully saturated rings. The van der Waals surface area contributed by atoms with Gasteiger partial charge in [0.2, 0.25) is 0 Å². The van der Waals surface area contributed by atoms with Gasteiger partial charge in [0, 0.05) is 12.1 Å². The molecule has 72 valence electrons. The number of rotatable bonds is 2.